The summed E-state index contributed by atoms with van der Waals surface area (Å²) in [5.74, 6) is 4.36. The van der Waals surface area contributed by atoms with Crippen LogP contribution in [0.2, 0.25) is 0 Å². The van der Waals surface area contributed by atoms with E-state index >= 15 is 0 Å². The average Bonchev–Trinajstić information content (AvgIpc) is 2.77. The van der Waals surface area contributed by atoms with Crippen LogP contribution < -0.4 is 0 Å². The molecule has 2 heterocycles. The molecular formula is C10H14N2O2S. The highest BCUT2D eigenvalue weighted by Crippen LogP contribution is 2.25. The highest BCUT2D eigenvalue weighted by molar-refractivity contribution is 7.99. The minimum atomic E-state index is 0.0571. The number of Topliss-reactive ketones (excluding diaryl/α,β-unsaturated/α-hetero) is 1. The van der Waals surface area contributed by atoms with Crippen LogP contribution in [0.4, 0.5) is 0 Å². The normalized spacial score (nSPS) is 20.7. The summed E-state index contributed by atoms with van der Waals surface area (Å²) in [7, 11) is 0. The molecule has 1 saturated heterocycles. The Morgan fingerprint density at radius 2 is 2.53 bits per heavy atom. The van der Waals surface area contributed by atoms with Gasteiger partial charge >= 0.3 is 0 Å². The van der Waals surface area contributed by atoms with E-state index in [-0.39, 0.29) is 12.2 Å². The van der Waals surface area contributed by atoms with Crippen molar-refractivity contribution in [3.8, 4) is 0 Å². The summed E-state index contributed by atoms with van der Waals surface area (Å²) in [5, 5.41) is 3.89. The molecule has 0 bridgehead atoms. The second-order valence-electron chi connectivity index (χ2n) is 3.92. The molecule has 15 heavy (non-hydrogen) atoms. The van der Waals surface area contributed by atoms with Gasteiger partial charge in [0.15, 0.2) is 5.82 Å². The largest absolute Gasteiger partial charge is 0.339 e. The molecule has 5 heteroatoms. The van der Waals surface area contributed by atoms with E-state index < -0.39 is 0 Å². The summed E-state index contributed by atoms with van der Waals surface area (Å²) in [5.41, 5.74) is 0. The Kier molecular flexibility index (Phi) is 3.41. The van der Waals surface area contributed by atoms with Crippen LogP contribution in [-0.2, 0) is 17.6 Å². The van der Waals surface area contributed by atoms with E-state index in [2.05, 4.69) is 10.1 Å². The molecule has 1 aliphatic rings. The van der Waals surface area contributed by atoms with Crippen molar-refractivity contribution in [3.63, 3.8) is 0 Å². The van der Waals surface area contributed by atoms with Gasteiger partial charge in [-0.2, -0.15) is 16.7 Å². The molecule has 0 saturated carbocycles. The Hall–Kier alpha value is -0.840. The maximum absolute atomic E-state index is 10.8. The number of rotatable bonds is 4. The van der Waals surface area contributed by atoms with E-state index in [0.29, 0.717) is 11.8 Å². The first-order chi connectivity index (χ1) is 7.24. The molecule has 1 aromatic rings. The van der Waals surface area contributed by atoms with Crippen molar-refractivity contribution in [1.82, 2.24) is 10.1 Å². The van der Waals surface area contributed by atoms with E-state index in [4.69, 9.17) is 4.52 Å². The molecule has 1 aromatic heterocycles. The Labute approximate surface area is 92.8 Å². The van der Waals surface area contributed by atoms with Crippen LogP contribution in [0.3, 0.4) is 0 Å². The van der Waals surface area contributed by atoms with Gasteiger partial charge in [-0.3, -0.25) is 4.79 Å². The highest BCUT2D eigenvalue weighted by atomic mass is 32.2. The zero-order valence-electron chi connectivity index (χ0n) is 8.73. The van der Waals surface area contributed by atoms with Crippen LogP contribution in [-0.4, -0.2) is 27.4 Å². The number of nitrogens with zero attached hydrogens (tertiary/aromatic N) is 2. The molecule has 0 amide bonds. The van der Waals surface area contributed by atoms with Gasteiger partial charge in [-0.1, -0.05) is 5.16 Å². The number of thioether (sulfide) groups is 1. The topological polar surface area (TPSA) is 56.0 Å². The number of aromatic nitrogens is 2. The number of carbonyl (C=O) groups is 1. The maximum Gasteiger partial charge on any atom is 0.234 e. The maximum atomic E-state index is 10.8. The predicted octanol–water partition coefficient (Wildman–Crippen LogP) is 1.50. The molecule has 2 rings (SSSR count). The third kappa shape index (κ3) is 3.06. The minimum absolute atomic E-state index is 0.0571. The SMILES string of the molecule is CC(=O)Cc1nc(CC2CCSC2)no1. The molecule has 0 aliphatic carbocycles. The van der Waals surface area contributed by atoms with E-state index in [1.165, 1.54) is 24.9 Å². The molecule has 1 unspecified atom stereocenters. The monoisotopic (exact) mass is 226 g/mol. The van der Waals surface area contributed by atoms with Crippen molar-refractivity contribution < 1.29 is 9.32 Å². The van der Waals surface area contributed by atoms with Gasteiger partial charge in [0.05, 0.1) is 6.42 Å². The van der Waals surface area contributed by atoms with E-state index in [1.807, 2.05) is 11.8 Å². The summed E-state index contributed by atoms with van der Waals surface area (Å²) in [4.78, 5) is 15.0. The van der Waals surface area contributed by atoms with Crippen LogP contribution in [0.15, 0.2) is 4.52 Å². The first kappa shape index (κ1) is 10.7. The van der Waals surface area contributed by atoms with Crippen molar-refractivity contribution in [2.45, 2.75) is 26.2 Å². The van der Waals surface area contributed by atoms with Gasteiger partial charge in [0.25, 0.3) is 0 Å². The minimum Gasteiger partial charge on any atom is -0.339 e. The molecule has 0 radical (unpaired) electrons. The van der Waals surface area contributed by atoms with Gasteiger partial charge in [0.2, 0.25) is 5.89 Å². The molecule has 1 fully saturated rings. The van der Waals surface area contributed by atoms with Crippen molar-refractivity contribution in [1.29, 1.82) is 0 Å². The van der Waals surface area contributed by atoms with Crippen molar-refractivity contribution >= 4 is 17.5 Å². The molecule has 1 atom stereocenters. The smallest absolute Gasteiger partial charge is 0.234 e. The highest BCUT2D eigenvalue weighted by Gasteiger charge is 2.19. The molecule has 0 spiro atoms. The number of hydrogen-bond donors (Lipinski definition) is 0. The third-order valence-corrected chi connectivity index (χ3v) is 3.64. The lowest BCUT2D eigenvalue weighted by Crippen LogP contribution is -2.04. The van der Waals surface area contributed by atoms with Gasteiger partial charge in [-0.15, -0.1) is 0 Å². The van der Waals surface area contributed by atoms with E-state index in [9.17, 15) is 4.79 Å². The fraction of sp³-hybridized carbons (Fsp3) is 0.700. The van der Waals surface area contributed by atoms with Crippen LogP contribution >= 0.6 is 11.8 Å². The van der Waals surface area contributed by atoms with Crippen LogP contribution in [0, 0.1) is 5.92 Å². The molecule has 0 N–H and O–H groups in total. The number of hydrogen-bond acceptors (Lipinski definition) is 5. The third-order valence-electron chi connectivity index (χ3n) is 2.41. The summed E-state index contributed by atoms with van der Waals surface area (Å²) < 4.78 is 5.00. The first-order valence-corrected chi connectivity index (χ1v) is 6.28. The molecule has 1 aliphatic heterocycles. The predicted molar refractivity (Wildman–Crippen MR) is 57.8 cm³/mol. The van der Waals surface area contributed by atoms with E-state index in [0.717, 1.165) is 12.2 Å². The Bertz CT molecular complexity index is 345. The number of carbonyl (C=O) groups excluding carboxylic acids is 1. The molecular weight excluding hydrogens is 212 g/mol. The van der Waals surface area contributed by atoms with Crippen molar-refractivity contribution in [2.24, 2.45) is 5.92 Å². The van der Waals surface area contributed by atoms with Crippen LogP contribution in [0.5, 0.6) is 0 Å². The average molecular weight is 226 g/mol. The molecule has 82 valence electrons. The quantitative estimate of drug-likeness (QED) is 0.778. The lowest BCUT2D eigenvalue weighted by atomic mass is 10.1. The Morgan fingerprint density at radius 1 is 1.67 bits per heavy atom. The fourth-order valence-electron chi connectivity index (χ4n) is 1.66. The Balaban J connectivity index is 1.91. The fourth-order valence-corrected chi connectivity index (χ4v) is 2.94. The standard InChI is InChI=1S/C10H14N2O2S/c1-7(13)4-10-11-9(12-14-10)5-8-2-3-15-6-8/h8H,2-6H2,1H3. The lowest BCUT2D eigenvalue weighted by molar-refractivity contribution is -0.116. The van der Waals surface area contributed by atoms with Gasteiger partial charge in [0, 0.05) is 6.42 Å². The second-order valence-corrected chi connectivity index (χ2v) is 5.07. The summed E-state index contributed by atoms with van der Waals surface area (Å²) in [6, 6.07) is 0. The van der Waals surface area contributed by atoms with Crippen LogP contribution in [0.1, 0.15) is 25.1 Å². The zero-order valence-corrected chi connectivity index (χ0v) is 9.55. The lowest BCUT2D eigenvalue weighted by Gasteiger charge is -2.01. The van der Waals surface area contributed by atoms with E-state index in [1.54, 1.807) is 0 Å². The van der Waals surface area contributed by atoms with Crippen molar-refractivity contribution in [2.75, 3.05) is 11.5 Å². The van der Waals surface area contributed by atoms with Gasteiger partial charge in [-0.25, -0.2) is 0 Å². The van der Waals surface area contributed by atoms with Gasteiger partial charge in [-0.05, 0) is 30.8 Å². The zero-order chi connectivity index (χ0) is 10.7. The Morgan fingerprint density at radius 3 is 3.20 bits per heavy atom. The van der Waals surface area contributed by atoms with Gasteiger partial charge in [0.1, 0.15) is 5.78 Å². The molecule has 4 nitrogen and oxygen atoms in total. The first-order valence-electron chi connectivity index (χ1n) is 5.12. The summed E-state index contributed by atoms with van der Waals surface area (Å²) >= 11 is 1.98. The second kappa shape index (κ2) is 4.79. The summed E-state index contributed by atoms with van der Waals surface area (Å²) in [6.45, 7) is 1.53. The summed E-state index contributed by atoms with van der Waals surface area (Å²) in [6.07, 6.45) is 2.38. The number of ketones is 1. The van der Waals surface area contributed by atoms with Crippen LogP contribution in [0.25, 0.3) is 0 Å². The van der Waals surface area contributed by atoms with Gasteiger partial charge < -0.3 is 4.52 Å². The van der Waals surface area contributed by atoms with Crippen molar-refractivity contribution in [3.05, 3.63) is 11.7 Å². The molecule has 0 aromatic carbocycles.